The van der Waals surface area contributed by atoms with Gasteiger partial charge in [0.1, 0.15) is 12.3 Å². The van der Waals surface area contributed by atoms with Gasteiger partial charge >= 0.3 is 6.09 Å². The lowest BCUT2D eigenvalue weighted by molar-refractivity contribution is 0.0437. The Hall–Kier alpha value is -3.35. The number of piperidine rings is 1. The van der Waals surface area contributed by atoms with Gasteiger partial charge in [-0.05, 0) is 65.5 Å². The summed E-state index contributed by atoms with van der Waals surface area (Å²) in [6.07, 6.45) is 6.81. The van der Waals surface area contributed by atoms with Crippen LogP contribution >= 0.6 is 11.6 Å². The molecule has 4 aromatic rings. The van der Waals surface area contributed by atoms with Crippen LogP contribution in [0.4, 0.5) is 10.7 Å². The van der Waals surface area contributed by atoms with Crippen molar-refractivity contribution < 1.29 is 14.3 Å². The summed E-state index contributed by atoms with van der Waals surface area (Å²) >= 11 is 7.00. The second kappa shape index (κ2) is 12.0. The number of aryl methyl sites for hydroxylation is 1. The zero-order valence-electron chi connectivity index (χ0n) is 29.1. The molecule has 1 N–H and O–H groups in total. The van der Waals surface area contributed by atoms with E-state index in [9.17, 15) is 9.59 Å². The lowest BCUT2D eigenvalue weighted by Gasteiger charge is -2.45. The van der Waals surface area contributed by atoms with E-state index in [4.69, 9.17) is 26.1 Å². The summed E-state index contributed by atoms with van der Waals surface area (Å²) in [5.74, 6) is 0.635. The third-order valence-electron chi connectivity index (χ3n) is 9.36. The van der Waals surface area contributed by atoms with Crippen molar-refractivity contribution in [3.63, 3.8) is 0 Å². The Morgan fingerprint density at radius 3 is 2.43 bits per heavy atom. The van der Waals surface area contributed by atoms with Crippen LogP contribution in [-0.2, 0) is 30.3 Å². The summed E-state index contributed by atoms with van der Waals surface area (Å²) in [5.41, 5.74) is 1.72. The zero-order chi connectivity index (χ0) is 34.1. The number of aromatic nitrogens is 5. The van der Waals surface area contributed by atoms with Crippen molar-refractivity contribution in [1.82, 2.24) is 29.2 Å². The maximum atomic E-state index is 14.4. The summed E-state index contributed by atoms with van der Waals surface area (Å²) in [6.45, 7) is 15.6. The van der Waals surface area contributed by atoms with Crippen LogP contribution in [0.25, 0.3) is 33.1 Å². The Morgan fingerprint density at radius 2 is 1.79 bits per heavy atom. The summed E-state index contributed by atoms with van der Waals surface area (Å²) in [5, 5.41) is 9.54. The molecule has 254 valence electrons. The van der Waals surface area contributed by atoms with E-state index in [0.717, 1.165) is 53.8 Å². The maximum absolute atomic E-state index is 14.4. The third kappa shape index (κ3) is 6.69. The fraction of sp³-hybridized carbons (Fsp3) is 0.588. The number of hydrogen-bond acceptors (Lipinski definition) is 7. The molecule has 2 fully saturated rings. The van der Waals surface area contributed by atoms with Gasteiger partial charge in [0.15, 0.2) is 5.65 Å². The van der Waals surface area contributed by atoms with E-state index in [1.807, 2.05) is 56.9 Å². The van der Waals surface area contributed by atoms with Crippen LogP contribution in [0.2, 0.25) is 30.7 Å². The van der Waals surface area contributed by atoms with Gasteiger partial charge in [-0.25, -0.2) is 4.79 Å². The number of anilines is 1. The van der Waals surface area contributed by atoms with Crippen LogP contribution in [-0.4, -0.2) is 67.9 Å². The highest BCUT2D eigenvalue weighted by atomic mass is 35.5. The van der Waals surface area contributed by atoms with Crippen LogP contribution in [0, 0.1) is 0 Å². The first-order chi connectivity index (χ1) is 21.9. The van der Waals surface area contributed by atoms with E-state index in [0.29, 0.717) is 28.6 Å². The molecule has 2 aliphatic rings. The number of amides is 1. The number of ether oxygens (including phenoxy) is 2. The largest absolute Gasteiger partial charge is 0.444 e. The molecule has 2 saturated heterocycles. The number of rotatable bonds is 8. The first kappa shape index (κ1) is 33.5. The molecule has 6 rings (SSSR count). The van der Waals surface area contributed by atoms with Crippen molar-refractivity contribution >= 4 is 53.7 Å². The van der Waals surface area contributed by atoms with E-state index < -0.39 is 25.3 Å². The van der Waals surface area contributed by atoms with Crippen molar-refractivity contribution in [1.29, 1.82) is 0 Å². The summed E-state index contributed by atoms with van der Waals surface area (Å²) in [6, 6.07) is 5.13. The molecular weight excluding hydrogens is 634 g/mol. The lowest BCUT2D eigenvalue weighted by atomic mass is 9.84. The molecule has 0 saturated carbocycles. The van der Waals surface area contributed by atoms with Crippen molar-refractivity contribution in [2.45, 2.75) is 109 Å². The monoisotopic (exact) mass is 681 g/mol. The van der Waals surface area contributed by atoms with Crippen LogP contribution in [0.3, 0.4) is 0 Å². The topological polar surface area (TPSA) is 108 Å². The molecule has 1 aromatic carbocycles. The van der Waals surface area contributed by atoms with Gasteiger partial charge < -0.3 is 24.3 Å². The SMILES string of the molecule is Cn1cc2c(Cl)c(-c3cn(COCC[Si](C)(C)C)c4nc(N5[C@@H]6CC[C@H]5C[C@@](C)(NC(=O)OC(C)(C)C)C6)n(C)c(=O)c34)ccc2n1. The van der Waals surface area contributed by atoms with Gasteiger partial charge in [0.25, 0.3) is 5.56 Å². The van der Waals surface area contributed by atoms with Crippen LogP contribution in [0.15, 0.2) is 29.3 Å². The average molecular weight is 682 g/mol. The van der Waals surface area contributed by atoms with Gasteiger partial charge in [-0.3, -0.25) is 14.0 Å². The minimum absolute atomic E-state index is 0.113. The van der Waals surface area contributed by atoms with Crippen molar-refractivity contribution in [3.05, 3.63) is 39.9 Å². The molecule has 11 nitrogen and oxygen atoms in total. The molecule has 1 amide bonds. The van der Waals surface area contributed by atoms with Crippen molar-refractivity contribution in [2.24, 2.45) is 14.1 Å². The van der Waals surface area contributed by atoms with Gasteiger partial charge in [0.2, 0.25) is 5.95 Å². The van der Waals surface area contributed by atoms with Crippen LogP contribution in [0.5, 0.6) is 0 Å². The van der Waals surface area contributed by atoms with Crippen LogP contribution in [0.1, 0.15) is 53.4 Å². The van der Waals surface area contributed by atoms with Crippen molar-refractivity contribution in [2.75, 3.05) is 11.5 Å². The van der Waals surface area contributed by atoms with E-state index in [-0.39, 0.29) is 24.4 Å². The number of fused-ring (bicyclic) bond motifs is 4. The van der Waals surface area contributed by atoms with E-state index in [2.05, 4.69) is 41.9 Å². The molecule has 2 aliphatic heterocycles. The molecule has 2 bridgehead atoms. The highest BCUT2D eigenvalue weighted by molar-refractivity contribution is 6.76. The Bertz CT molecular complexity index is 1890. The minimum atomic E-state index is -1.29. The Morgan fingerprint density at radius 1 is 1.11 bits per heavy atom. The smallest absolute Gasteiger partial charge is 0.408 e. The Labute approximate surface area is 282 Å². The normalized spacial score (nSPS) is 21.6. The molecule has 0 radical (unpaired) electrons. The number of benzene rings is 1. The van der Waals surface area contributed by atoms with Gasteiger partial charge in [0, 0.05) is 75.3 Å². The number of alkyl carbamates (subject to hydrolysis) is 1. The second-order valence-corrected chi connectivity index (χ2v) is 21.9. The third-order valence-corrected chi connectivity index (χ3v) is 11.5. The Balaban J connectivity index is 1.39. The molecule has 3 aromatic heterocycles. The number of nitrogens with one attached hydrogen (secondary N) is 1. The fourth-order valence-electron chi connectivity index (χ4n) is 7.23. The molecule has 0 aliphatic carbocycles. The number of hydrogen-bond donors (Lipinski definition) is 1. The number of carbonyl (C=O) groups excluding carboxylic acids is 1. The highest BCUT2D eigenvalue weighted by Crippen LogP contribution is 2.44. The lowest BCUT2D eigenvalue weighted by Crippen LogP contribution is -2.59. The second-order valence-electron chi connectivity index (χ2n) is 15.9. The molecule has 5 heterocycles. The van der Waals surface area contributed by atoms with E-state index in [1.54, 1.807) is 16.3 Å². The van der Waals surface area contributed by atoms with Crippen LogP contribution < -0.4 is 15.8 Å². The number of nitrogens with zero attached hydrogens (tertiary/aromatic N) is 6. The predicted octanol–water partition coefficient (Wildman–Crippen LogP) is 6.67. The predicted molar refractivity (Wildman–Crippen MR) is 190 cm³/mol. The average Bonchev–Trinajstić information content (AvgIpc) is 3.58. The Kier molecular flexibility index (Phi) is 8.54. The van der Waals surface area contributed by atoms with Gasteiger partial charge in [-0.1, -0.05) is 37.3 Å². The van der Waals surface area contributed by atoms with Crippen molar-refractivity contribution in [3.8, 4) is 11.1 Å². The minimum Gasteiger partial charge on any atom is -0.444 e. The first-order valence-electron chi connectivity index (χ1n) is 16.5. The van der Waals surface area contributed by atoms with E-state index in [1.165, 1.54) is 0 Å². The van der Waals surface area contributed by atoms with Gasteiger partial charge in [-0.15, -0.1) is 0 Å². The summed E-state index contributed by atoms with van der Waals surface area (Å²) in [7, 11) is 2.38. The zero-order valence-corrected chi connectivity index (χ0v) is 30.9. The summed E-state index contributed by atoms with van der Waals surface area (Å²) < 4.78 is 17.2. The standard InChI is InChI=1S/C34H48ClN7O4Si/c1-33(2,3)46-32(44)37-34(4)16-21-10-11-22(17-34)42(21)31-36-29-27(30(43)40(31)6)24(19-41(29)20-45-14-15-47(7,8)9)23-12-13-26-25(28(23)35)18-39(5)38-26/h12-13,18-19,21-22H,10-11,14-17,20H2,1-9H3,(H,37,44)/t21-,22+,34+. The number of halogens is 1. The molecule has 3 atom stereocenters. The molecule has 47 heavy (non-hydrogen) atoms. The fourth-order valence-corrected chi connectivity index (χ4v) is 8.30. The quantitative estimate of drug-likeness (QED) is 0.164. The van der Waals surface area contributed by atoms with Gasteiger partial charge in [-0.2, -0.15) is 10.1 Å². The maximum Gasteiger partial charge on any atom is 0.408 e. The molecule has 0 spiro atoms. The number of carbonyl (C=O) groups is 1. The first-order valence-corrected chi connectivity index (χ1v) is 20.6. The molecular formula is C34H48ClN7O4Si. The molecule has 13 heteroatoms. The highest BCUT2D eigenvalue weighted by Gasteiger charge is 2.48. The molecule has 0 unspecified atom stereocenters. The summed E-state index contributed by atoms with van der Waals surface area (Å²) in [4.78, 5) is 34.7. The van der Waals surface area contributed by atoms with E-state index >= 15 is 0 Å². The van der Waals surface area contributed by atoms with Gasteiger partial charge in [0.05, 0.1) is 15.9 Å².